The van der Waals surface area contributed by atoms with E-state index in [0.29, 0.717) is 18.7 Å². The molecule has 1 amide bonds. The highest BCUT2D eigenvalue weighted by atomic mass is 32.2. The number of fused-ring (bicyclic) bond motifs is 1. The van der Waals surface area contributed by atoms with Crippen LogP contribution in [-0.2, 0) is 4.79 Å². The van der Waals surface area contributed by atoms with Crippen molar-refractivity contribution >= 4 is 17.7 Å². The number of carbonyl (C=O) groups is 1. The van der Waals surface area contributed by atoms with E-state index in [1.54, 1.807) is 23.8 Å². The summed E-state index contributed by atoms with van der Waals surface area (Å²) in [5, 5.41) is 10.7. The molecular weight excluding hydrogens is 382 g/mol. The Labute approximate surface area is 175 Å². The Balaban J connectivity index is 1.60. The zero-order valence-electron chi connectivity index (χ0n) is 16.5. The molecule has 2 atom stereocenters. The summed E-state index contributed by atoms with van der Waals surface area (Å²) in [6.45, 7) is 2.67. The van der Waals surface area contributed by atoms with E-state index in [1.807, 2.05) is 42.5 Å². The Morgan fingerprint density at radius 3 is 2.55 bits per heavy atom. The number of ether oxygens (including phenoxy) is 1. The molecule has 0 bridgehead atoms. The van der Waals surface area contributed by atoms with Gasteiger partial charge in [-0.1, -0.05) is 54.2 Å². The molecule has 2 aliphatic rings. The molecular formula is C23H23N3O2S. The predicted molar refractivity (Wildman–Crippen MR) is 114 cm³/mol. The third-order valence-electron chi connectivity index (χ3n) is 5.66. The smallest absolute Gasteiger partial charge is 0.229 e. The second kappa shape index (κ2) is 8.32. The molecule has 148 valence electrons. The molecule has 0 N–H and O–H groups in total. The van der Waals surface area contributed by atoms with Gasteiger partial charge in [0.2, 0.25) is 5.91 Å². The maximum absolute atomic E-state index is 13.0. The molecule has 2 aliphatic heterocycles. The molecule has 0 unspecified atom stereocenters. The third kappa shape index (κ3) is 3.76. The molecule has 2 aromatic carbocycles. The van der Waals surface area contributed by atoms with E-state index in [2.05, 4.69) is 30.0 Å². The van der Waals surface area contributed by atoms with E-state index in [-0.39, 0.29) is 17.9 Å². The average molecular weight is 406 g/mol. The Kier molecular flexibility index (Phi) is 5.61. The quantitative estimate of drug-likeness (QED) is 0.751. The van der Waals surface area contributed by atoms with Crippen LogP contribution in [-0.4, -0.2) is 35.4 Å². The predicted octanol–water partition coefficient (Wildman–Crippen LogP) is 4.47. The van der Waals surface area contributed by atoms with Crippen LogP contribution in [0.5, 0.6) is 5.75 Å². The van der Waals surface area contributed by atoms with Gasteiger partial charge >= 0.3 is 0 Å². The van der Waals surface area contributed by atoms with Crippen molar-refractivity contribution < 1.29 is 9.53 Å². The van der Waals surface area contributed by atoms with Crippen molar-refractivity contribution in [3.05, 3.63) is 76.3 Å². The molecule has 5 nitrogen and oxygen atoms in total. The second-order valence-electron chi connectivity index (χ2n) is 7.27. The lowest BCUT2D eigenvalue weighted by Gasteiger charge is -2.43. The molecule has 1 fully saturated rings. The van der Waals surface area contributed by atoms with Gasteiger partial charge in [-0.15, -0.1) is 0 Å². The summed E-state index contributed by atoms with van der Waals surface area (Å²) >= 11 is 1.58. The van der Waals surface area contributed by atoms with Crippen LogP contribution in [0.4, 0.5) is 0 Å². The molecule has 4 rings (SSSR count). The first kappa shape index (κ1) is 19.6. The lowest BCUT2D eigenvalue weighted by Crippen LogP contribution is -2.47. The van der Waals surface area contributed by atoms with Gasteiger partial charge in [0.1, 0.15) is 5.75 Å². The van der Waals surface area contributed by atoms with Gasteiger partial charge in [-0.3, -0.25) is 14.6 Å². The van der Waals surface area contributed by atoms with Crippen molar-refractivity contribution in [3.8, 4) is 11.8 Å². The van der Waals surface area contributed by atoms with Crippen LogP contribution < -0.4 is 4.74 Å². The number of hydrogen-bond acceptors (Lipinski definition) is 5. The van der Waals surface area contributed by atoms with Crippen molar-refractivity contribution in [1.29, 1.82) is 5.26 Å². The fourth-order valence-corrected chi connectivity index (χ4v) is 5.14. The monoisotopic (exact) mass is 405 g/mol. The standard InChI is InChI=1S/C23H23N3O2S/c1-16(17-6-4-3-5-7-17)25-14-26-22(27)12-20(21(13-24)23(26)29-15-25)18-8-10-19(28-2)11-9-18/h3-11,16,20H,12,14-15H2,1-2H3/t16-,20-/m1/s1. The largest absolute Gasteiger partial charge is 0.497 e. The van der Waals surface area contributed by atoms with Crippen molar-refractivity contribution in [2.75, 3.05) is 19.7 Å². The number of allylic oxidation sites excluding steroid dienone is 1. The number of rotatable bonds is 4. The molecule has 0 radical (unpaired) electrons. The highest BCUT2D eigenvalue weighted by molar-refractivity contribution is 8.03. The number of nitrogens with zero attached hydrogens (tertiary/aromatic N) is 3. The van der Waals surface area contributed by atoms with Crippen LogP contribution >= 0.6 is 11.8 Å². The minimum absolute atomic E-state index is 0.0669. The van der Waals surface area contributed by atoms with Crippen LogP contribution in [0.3, 0.4) is 0 Å². The Morgan fingerprint density at radius 1 is 1.17 bits per heavy atom. The normalized spacial score (nSPS) is 20.8. The minimum atomic E-state index is -0.199. The molecule has 0 saturated carbocycles. The van der Waals surface area contributed by atoms with Gasteiger partial charge in [-0.2, -0.15) is 5.26 Å². The van der Waals surface area contributed by atoms with Gasteiger partial charge in [0.25, 0.3) is 0 Å². The van der Waals surface area contributed by atoms with E-state index in [9.17, 15) is 10.1 Å². The number of nitriles is 1. The number of methoxy groups -OCH3 is 1. The first-order valence-electron chi connectivity index (χ1n) is 9.62. The summed E-state index contributed by atoms with van der Waals surface area (Å²) in [7, 11) is 1.63. The van der Waals surface area contributed by atoms with Crippen molar-refractivity contribution in [2.24, 2.45) is 0 Å². The Morgan fingerprint density at radius 2 is 1.90 bits per heavy atom. The Bertz CT molecular complexity index is 966. The zero-order valence-corrected chi connectivity index (χ0v) is 17.4. The van der Waals surface area contributed by atoms with Crippen molar-refractivity contribution in [3.63, 3.8) is 0 Å². The van der Waals surface area contributed by atoms with E-state index in [4.69, 9.17) is 4.74 Å². The van der Waals surface area contributed by atoms with Gasteiger partial charge in [0, 0.05) is 18.4 Å². The Hall–Kier alpha value is -2.75. The number of carbonyl (C=O) groups excluding carboxylic acids is 1. The minimum Gasteiger partial charge on any atom is -0.497 e. The topological polar surface area (TPSA) is 56.6 Å². The fraction of sp³-hybridized carbons (Fsp3) is 0.304. The van der Waals surface area contributed by atoms with Gasteiger partial charge in [0.15, 0.2) is 0 Å². The number of thioether (sulfide) groups is 1. The van der Waals surface area contributed by atoms with Gasteiger partial charge < -0.3 is 4.74 Å². The van der Waals surface area contributed by atoms with Crippen LogP contribution in [0, 0.1) is 11.3 Å². The summed E-state index contributed by atoms with van der Waals surface area (Å²) in [4.78, 5) is 17.1. The first-order valence-corrected chi connectivity index (χ1v) is 10.6. The molecule has 0 spiro atoms. The highest BCUT2D eigenvalue weighted by Crippen LogP contribution is 2.43. The number of hydrogen-bond donors (Lipinski definition) is 0. The maximum Gasteiger partial charge on any atom is 0.229 e. The fourth-order valence-electron chi connectivity index (χ4n) is 3.88. The molecule has 1 saturated heterocycles. The second-order valence-corrected chi connectivity index (χ2v) is 8.21. The molecule has 0 aromatic heterocycles. The number of amides is 1. The summed E-state index contributed by atoms with van der Waals surface area (Å²) in [6.07, 6.45) is 0.312. The van der Waals surface area contributed by atoms with Crippen LogP contribution in [0.15, 0.2) is 65.2 Å². The SMILES string of the molecule is COc1ccc([C@H]2CC(=O)N3CN([C@H](C)c4ccccc4)CSC3=C2C#N)cc1. The van der Waals surface area contributed by atoms with Gasteiger partial charge in [0.05, 0.1) is 36.3 Å². The average Bonchev–Trinajstić information content (AvgIpc) is 2.79. The van der Waals surface area contributed by atoms with Crippen LogP contribution in [0.25, 0.3) is 0 Å². The maximum atomic E-state index is 13.0. The van der Waals surface area contributed by atoms with E-state index >= 15 is 0 Å². The lowest BCUT2D eigenvalue weighted by atomic mass is 9.86. The van der Waals surface area contributed by atoms with E-state index in [1.165, 1.54) is 5.56 Å². The van der Waals surface area contributed by atoms with E-state index in [0.717, 1.165) is 22.2 Å². The third-order valence-corrected chi connectivity index (χ3v) is 6.84. The number of benzene rings is 2. The van der Waals surface area contributed by atoms with Gasteiger partial charge in [-0.05, 0) is 30.2 Å². The van der Waals surface area contributed by atoms with Crippen LogP contribution in [0.2, 0.25) is 0 Å². The first-order chi connectivity index (χ1) is 14.1. The van der Waals surface area contributed by atoms with Gasteiger partial charge in [-0.25, -0.2) is 0 Å². The molecule has 6 heteroatoms. The molecule has 0 aliphatic carbocycles. The van der Waals surface area contributed by atoms with Crippen LogP contribution in [0.1, 0.15) is 36.4 Å². The molecule has 2 heterocycles. The summed E-state index contributed by atoms with van der Waals surface area (Å²) in [5.74, 6) is 1.38. The lowest BCUT2D eigenvalue weighted by molar-refractivity contribution is -0.132. The van der Waals surface area contributed by atoms with E-state index < -0.39 is 0 Å². The summed E-state index contributed by atoms with van der Waals surface area (Å²) < 4.78 is 5.23. The highest BCUT2D eigenvalue weighted by Gasteiger charge is 2.39. The molecule has 2 aromatic rings. The van der Waals surface area contributed by atoms with Crippen molar-refractivity contribution in [2.45, 2.75) is 25.3 Å². The summed E-state index contributed by atoms with van der Waals surface area (Å²) in [5.41, 5.74) is 2.89. The van der Waals surface area contributed by atoms with Crippen molar-refractivity contribution in [1.82, 2.24) is 9.80 Å². The molecule has 29 heavy (non-hydrogen) atoms. The summed E-state index contributed by atoms with van der Waals surface area (Å²) in [6, 6.07) is 20.5. The zero-order chi connectivity index (χ0) is 20.4.